The molecule has 0 aliphatic heterocycles. The standard InChI is InChI=1S/C22H22Cl2N6O4S/c1-12(2)19(26-21(32)13-5-4-6-15(9-13)30(33)34)20-27-28-22(29(20)3)35-11-18(31)25-14-7-8-16(23)17(24)10-14/h4-10,12,19H,11H2,1-3H3,(H,25,31)(H,26,32)/t19-/m0/s1. The first kappa shape index (κ1) is 26.5. The van der Waals surface area contributed by atoms with E-state index >= 15 is 0 Å². The molecule has 35 heavy (non-hydrogen) atoms. The maximum absolute atomic E-state index is 12.8. The number of hydrogen-bond donors (Lipinski definition) is 2. The van der Waals surface area contributed by atoms with E-state index in [9.17, 15) is 19.7 Å². The van der Waals surface area contributed by atoms with E-state index in [1.54, 1.807) is 29.8 Å². The number of non-ortho nitro benzene ring substituents is 1. The van der Waals surface area contributed by atoms with Crippen LogP contribution in [0.4, 0.5) is 11.4 Å². The first-order valence-electron chi connectivity index (χ1n) is 10.4. The van der Waals surface area contributed by atoms with Crippen LogP contribution >= 0.6 is 35.0 Å². The lowest BCUT2D eigenvalue weighted by Gasteiger charge is -2.21. The average Bonchev–Trinajstić information content (AvgIpc) is 3.18. The number of halogens is 2. The molecule has 0 spiro atoms. The van der Waals surface area contributed by atoms with Crippen LogP contribution in [0.25, 0.3) is 0 Å². The van der Waals surface area contributed by atoms with Gasteiger partial charge >= 0.3 is 0 Å². The Balaban J connectivity index is 1.68. The number of nitro groups is 1. The van der Waals surface area contributed by atoms with Gasteiger partial charge in [-0.1, -0.05) is 54.9 Å². The average molecular weight is 537 g/mol. The van der Waals surface area contributed by atoms with Gasteiger partial charge in [-0.3, -0.25) is 19.7 Å². The minimum absolute atomic E-state index is 0.0589. The molecule has 0 aliphatic rings. The largest absolute Gasteiger partial charge is 0.342 e. The number of nitro benzene ring substituents is 1. The Morgan fingerprint density at radius 3 is 2.54 bits per heavy atom. The molecule has 2 N–H and O–H groups in total. The van der Waals surface area contributed by atoms with Crippen LogP contribution in [-0.4, -0.2) is 37.3 Å². The van der Waals surface area contributed by atoms with Gasteiger partial charge in [-0.05, 0) is 30.2 Å². The number of carbonyl (C=O) groups excluding carboxylic acids is 2. The summed E-state index contributed by atoms with van der Waals surface area (Å²) in [5.74, 6) is -0.232. The lowest BCUT2D eigenvalue weighted by molar-refractivity contribution is -0.384. The molecule has 184 valence electrons. The number of thioether (sulfide) groups is 1. The van der Waals surface area contributed by atoms with Crippen LogP contribution in [0.3, 0.4) is 0 Å². The lowest BCUT2D eigenvalue weighted by Crippen LogP contribution is -2.33. The molecule has 2 aromatic carbocycles. The number of hydrogen-bond acceptors (Lipinski definition) is 7. The highest BCUT2D eigenvalue weighted by Crippen LogP contribution is 2.27. The van der Waals surface area contributed by atoms with Crippen molar-refractivity contribution in [2.45, 2.75) is 25.0 Å². The van der Waals surface area contributed by atoms with Crippen molar-refractivity contribution in [1.82, 2.24) is 20.1 Å². The Kier molecular flexibility index (Phi) is 8.71. The SMILES string of the molecule is CC(C)[C@H](NC(=O)c1cccc([N+](=O)[O-])c1)c1nnc(SCC(=O)Nc2ccc(Cl)c(Cl)c2)n1C. The lowest BCUT2D eigenvalue weighted by atomic mass is 10.0. The monoisotopic (exact) mass is 536 g/mol. The molecule has 0 fully saturated rings. The highest BCUT2D eigenvalue weighted by Gasteiger charge is 2.26. The van der Waals surface area contributed by atoms with E-state index in [2.05, 4.69) is 20.8 Å². The fourth-order valence-corrected chi connectivity index (χ4v) is 4.15. The first-order chi connectivity index (χ1) is 16.6. The van der Waals surface area contributed by atoms with Gasteiger partial charge in [-0.15, -0.1) is 10.2 Å². The minimum atomic E-state index is -0.555. The van der Waals surface area contributed by atoms with E-state index in [1.807, 2.05) is 13.8 Å². The third-order valence-corrected chi connectivity index (χ3v) is 6.71. The van der Waals surface area contributed by atoms with Crippen molar-refractivity contribution >= 4 is 58.2 Å². The van der Waals surface area contributed by atoms with Crippen LogP contribution < -0.4 is 10.6 Å². The van der Waals surface area contributed by atoms with E-state index in [-0.39, 0.29) is 28.8 Å². The number of carbonyl (C=O) groups is 2. The van der Waals surface area contributed by atoms with Gasteiger partial charge in [0.05, 0.1) is 26.8 Å². The summed E-state index contributed by atoms with van der Waals surface area (Å²) in [5.41, 5.74) is 0.517. The Labute approximate surface area is 215 Å². The Hall–Kier alpha value is -3.15. The van der Waals surface area contributed by atoms with E-state index in [1.165, 1.54) is 36.0 Å². The predicted octanol–water partition coefficient (Wildman–Crippen LogP) is 4.89. The summed E-state index contributed by atoms with van der Waals surface area (Å²) in [5, 5.41) is 26.2. The first-order valence-corrected chi connectivity index (χ1v) is 12.1. The van der Waals surface area contributed by atoms with Crippen LogP contribution in [-0.2, 0) is 11.8 Å². The predicted molar refractivity (Wildman–Crippen MR) is 135 cm³/mol. The third kappa shape index (κ3) is 6.71. The quantitative estimate of drug-likeness (QED) is 0.226. The zero-order valence-corrected chi connectivity index (χ0v) is 21.3. The molecule has 0 bridgehead atoms. The summed E-state index contributed by atoms with van der Waals surface area (Å²) >= 11 is 13.0. The Morgan fingerprint density at radius 1 is 1.14 bits per heavy atom. The van der Waals surface area contributed by atoms with Gasteiger partial charge in [-0.25, -0.2) is 0 Å². The van der Waals surface area contributed by atoms with Crippen molar-refractivity contribution in [3.63, 3.8) is 0 Å². The van der Waals surface area contributed by atoms with Crippen LogP contribution in [0.1, 0.15) is 36.1 Å². The maximum atomic E-state index is 12.8. The number of nitrogens with zero attached hydrogens (tertiary/aromatic N) is 4. The minimum Gasteiger partial charge on any atom is -0.342 e. The van der Waals surface area contributed by atoms with Gasteiger partial charge in [0.15, 0.2) is 11.0 Å². The zero-order chi connectivity index (χ0) is 25.7. The molecule has 3 aromatic rings. The number of rotatable bonds is 9. The van der Waals surface area contributed by atoms with Crippen LogP contribution in [0.5, 0.6) is 0 Å². The molecule has 10 nitrogen and oxygen atoms in total. The van der Waals surface area contributed by atoms with Crippen molar-refractivity contribution in [1.29, 1.82) is 0 Å². The van der Waals surface area contributed by atoms with Crippen molar-refractivity contribution in [3.05, 3.63) is 74.0 Å². The molecular weight excluding hydrogens is 515 g/mol. The number of amides is 2. The normalized spacial score (nSPS) is 11.8. The summed E-state index contributed by atoms with van der Waals surface area (Å²) < 4.78 is 1.70. The van der Waals surface area contributed by atoms with Gasteiger partial charge in [-0.2, -0.15) is 0 Å². The van der Waals surface area contributed by atoms with Gasteiger partial charge in [0.25, 0.3) is 11.6 Å². The molecule has 13 heteroatoms. The fourth-order valence-electron chi connectivity index (χ4n) is 3.14. The van der Waals surface area contributed by atoms with E-state index in [4.69, 9.17) is 23.2 Å². The van der Waals surface area contributed by atoms with Crippen LogP contribution in [0.15, 0.2) is 47.6 Å². The fraction of sp³-hybridized carbons (Fsp3) is 0.273. The topological polar surface area (TPSA) is 132 Å². The molecule has 0 aliphatic carbocycles. The highest BCUT2D eigenvalue weighted by atomic mass is 35.5. The number of benzene rings is 2. The Bertz CT molecular complexity index is 1270. The molecule has 1 atom stereocenters. The van der Waals surface area contributed by atoms with Crippen LogP contribution in [0.2, 0.25) is 10.0 Å². The van der Waals surface area contributed by atoms with Gasteiger partial charge in [0, 0.05) is 30.4 Å². The van der Waals surface area contributed by atoms with Crippen molar-refractivity contribution in [2.24, 2.45) is 13.0 Å². The number of aromatic nitrogens is 3. The van der Waals surface area contributed by atoms with Gasteiger partial charge in [0.2, 0.25) is 5.91 Å². The summed E-state index contributed by atoms with van der Waals surface area (Å²) in [6.07, 6.45) is 0. The molecule has 0 radical (unpaired) electrons. The molecule has 3 rings (SSSR count). The number of anilines is 1. The molecule has 0 saturated carbocycles. The summed E-state index contributed by atoms with van der Waals surface area (Å²) in [4.78, 5) is 35.6. The van der Waals surface area contributed by atoms with E-state index in [0.717, 1.165) is 0 Å². The molecule has 1 aromatic heterocycles. The number of nitrogens with one attached hydrogen (secondary N) is 2. The maximum Gasteiger partial charge on any atom is 0.270 e. The van der Waals surface area contributed by atoms with Crippen molar-refractivity contribution in [2.75, 3.05) is 11.1 Å². The third-order valence-electron chi connectivity index (χ3n) is 4.95. The smallest absolute Gasteiger partial charge is 0.270 e. The highest BCUT2D eigenvalue weighted by molar-refractivity contribution is 7.99. The molecule has 0 saturated heterocycles. The molecule has 0 unspecified atom stereocenters. The molecular formula is C22H22Cl2N6O4S. The van der Waals surface area contributed by atoms with E-state index in [0.29, 0.717) is 26.7 Å². The molecule has 2 amide bonds. The molecule has 1 heterocycles. The van der Waals surface area contributed by atoms with Gasteiger partial charge < -0.3 is 15.2 Å². The second-order valence-electron chi connectivity index (χ2n) is 7.87. The van der Waals surface area contributed by atoms with E-state index < -0.39 is 16.9 Å². The van der Waals surface area contributed by atoms with Crippen molar-refractivity contribution < 1.29 is 14.5 Å². The second-order valence-corrected chi connectivity index (χ2v) is 9.63. The summed E-state index contributed by atoms with van der Waals surface area (Å²) in [6, 6.07) is 9.78. The van der Waals surface area contributed by atoms with Gasteiger partial charge in [0.1, 0.15) is 0 Å². The summed E-state index contributed by atoms with van der Waals surface area (Å²) in [7, 11) is 1.74. The van der Waals surface area contributed by atoms with Crippen molar-refractivity contribution in [3.8, 4) is 0 Å². The zero-order valence-electron chi connectivity index (χ0n) is 19.0. The van der Waals surface area contributed by atoms with Crippen LogP contribution in [0, 0.1) is 16.0 Å². The second kappa shape index (κ2) is 11.5. The Morgan fingerprint density at radius 2 is 1.89 bits per heavy atom. The summed E-state index contributed by atoms with van der Waals surface area (Å²) in [6.45, 7) is 3.81.